The topological polar surface area (TPSA) is 20.2 Å². The Morgan fingerprint density at radius 3 is 1.34 bits per heavy atom. The number of hydrogen-bond donors (Lipinski definition) is 1. The molecule has 0 unspecified atom stereocenters. The molecule has 0 amide bonds. The number of benzene rings is 1. The molecule has 29 heavy (non-hydrogen) atoms. The summed E-state index contributed by atoms with van der Waals surface area (Å²) in [6.07, 6.45) is 7.02. The molecule has 168 valence electrons. The summed E-state index contributed by atoms with van der Waals surface area (Å²) in [7, 11) is -2.18. The van der Waals surface area contributed by atoms with E-state index in [9.17, 15) is 26.7 Å². The summed E-state index contributed by atoms with van der Waals surface area (Å²) < 4.78 is 66.6. The molecule has 0 spiro atoms. The molecule has 1 nitrogen and oxygen atoms in total. The van der Waals surface area contributed by atoms with Gasteiger partial charge in [0.2, 0.25) is 5.82 Å². The predicted molar refractivity (Wildman–Crippen MR) is 110 cm³/mol. The van der Waals surface area contributed by atoms with Crippen molar-refractivity contribution in [3.05, 3.63) is 34.6 Å². The average Bonchev–Trinajstić information content (AvgIpc) is 2.67. The molecule has 0 fully saturated rings. The highest BCUT2D eigenvalue weighted by Gasteiger charge is 2.37. The van der Waals surface area contributed by atoms with Crippen LogP contribution < -0.4 is 0 Å². The van der Waals surface area contributed by atoms with Crippen molar-refractivity contribution in [1.29, 1.82) is 0 Å². The van der Waals surface area contributed by atoms with E-state index in [0.717, 1.165) is 44.6 Å². The van der Waals surface area contributed by atoms with E-state index >= 15 is 0 Å². The second-order valence-corrected chi connectivity index (χ2v) is 13.5. The largest absolute Gasteiger partial charge is 0.431 e. The number of unbranched alkanes of at least 4 members (excludes halogenated alkanes) is 7. The summed E-state index contributed by atoms with van der Waals surface area (Å²) in [5.74, 6) is -9.28. The third-order valence-electron chi connectivity index (χ3n) is 6.05. The predicted octanol–water partition coefficient (Wildman–Crippen LogP) is 7.80. The maximum atomic E-state index is 13.6. The first-order valence-corrected chi connectivity index (χ1v) is 13.1. The molecular weight excluding hydrogens is 403 g/mol. The molecule has 0 saturated carbocycles. The van der Waals surface area contributed by atoms with E-state index in [1.165, 1.54) is 0 Å². The zero-order chi connectivity index (χ0) is 22.2. The maximum absolute atomic E-state index is 13.6. The fraction of sp³-hybridized carbons (Fsp3) is 0.727. The van der Waals surface area contributed by atoms with Crippen molar-refractivity contribution in [2.45, 2.75) is 103 Å². The van der Waals surface area contributed by atoms with Gasteiger partial charge in [0.25, 0.3) is 0 Å². The average molecular weight is 439 g/mol. The third kappa shape index (κ3) is 7.05. The van der Waals surface area contributed by atoms with Crippen LogP contribution in [0.5, 0.6) is 0 Å². The first kappa shape index (κ1) is 26.1. The first-order valence-electron chi connectivity index (χ1n) is 10.8. The lowest BCUT2D eigenvalue weighted by molar-refractivity contribution is 0.368. The zero-order valence-electron chi connectivity index (χ0n) is 18.1. The van der Waals surface area contributed by atoms with E-state index in [2.05, 4.69) is 27.7 Å². The van der Waals surface area contributed by atoms with E-state index in [1.54, 1.807) is 0 Å². The molecule has 0 atom stereocenters. The van der Waals surface area contributed by atoms with Crippen molar-refractivity contribution >= 4 is 8.32 Å². The summed E-state index contributed by atoms with van der Waals surface area (Å²) in [5.41, 5.74) is 0.00817. The van der Waals surface area contributed by atoms with Crippen LogP contribution in [0.2, 0.25) is 17.1 Å². The van der Waals surface area contributed by atoms with E-state index < -0.39 is 43.0 Å². The third-order valence-corrected chi connectivity index (χ3v) is 11.2. The number of hydrogen-bond acceptors (Lipinski definition) is 1. The zero-order valence-corrected chi connectivity index (χ0v) is 19.1. The second kappa shape index (κ2) is 12.0. The van der Waals surface area contributed by atoms with Crippen molar-refractivity contribution in [2.24, 2.45) is 0 Å². The van der Waals surface area contributed by atoms with Gasteiger partial charge in [-0.05, 0) is 30.0 Å². The van der Waals surface area contributed by atoms with Crippen molar-refractivity contribution in [3.63, 3.8) is 0 Å². The molecule has 1 aromatic rings. The molecule has 0 aliphatic carbocycles. The molecule has 1 aromatic carbocycles. The van der Waals surface area contributed by atoms with E-state index in [-0.39, 0.29) is 6.42 Å². The fourth-order valence-electron chi connectivity index (χ4n) is 3.88. The van der Waals surface area contributed by atoms with Gasteiger partial charge in [0.15, 0.2) is 31.6 Å². The SMILES string of the molecule is CC(C)[Si](O)(CCCCCCCCCCc1c(F)c(F)c(F)c(F)c1F)C(C)C. The van der Waals surface area contributed by atoms with Crippen LogP contribution in [0.1, 0.15) is 84.6 Å². The summed E-state index contributed by atoms with van der Waals surface area (Å²) in [4.78, 5) is 10.9. The van der Waals surface area contributed by atoms with Crippen LogP contribution in [0.15, 0.2) is 0 Å². The first-order chi connectivity index (χ1) is 13.5. The number of rotatable bonds is 13. The quantitative estimate of drug-likeness (QED) is 0.109. The maximum Gasteiger partial charge on any atom is 0.200 e. The Labute approximate surface area is 172 Å². The van der Waals surface area contributed by atoms with Crippen molar-refractivity contribution in [3.8, 4) is 0 Å². The molecule has 1 rings (SSSR count). The Hall–Kier alpha value is -0.953. The highest BCUT2D eigenvalue weighted by atomic mass is 28.4. The van der Waals surface area contributed by atoms with Crippen LogP contribution in [0.4, 0.5) is 22.0 Å². The molecule has 1 N–H and O–H groups in total. The highest BCUT2D eigenvalue weighted by Crippen LogP contribution is 2.34. The van der Waals surface area contributed by atoms with Gasteiger partial charge in [-0.3, -0.25) is 0 Å². The van der Waals surface area contributed by atoms with Gasteiger partial charge < -0.3 is 4.80 Å². The highest BCUT2D eigenvalue weighted by molar-refractivity contribution is 6.75. The Morgan fingerprint density at radius 1 is 0.586 bits per heavy atom. The Balaban J connectivity index is 2.22. The van der Waals surface area contributed by atoms with Gasteiger partial charge in [0, 0.05) is 5.56 Å². The summed E-state index contributed by atoms with van der Waals surface area (Å²) >= 11 is 0. The van der Waals surface area contributed by atoms with E-state index in [1.807, 2.05) is 0 Å². The van der Waals surface area contributed by atoms with Crippen LogP contribution in [-0.2, 0) is 6.42 Å². The molecule has 0 saturated heterocycles. The molecule has 7 heteroatoms. The Bertz CT molecular complexity index is 612. The van der Waals surface area contributed by atoms with Gasteiger partial charge in [-0.15, -0.1) is 0 Å². The van der Waals surface area contributed by atoms with Crippen molar-refractivity contribution < 1.29 is 26.7 Å². The monoisotopic (exact) mass is 438 g/mol. The van der Waals surface area contributed by atoms with Gasteiger partial charge in [0.05, 0.1) is 0 Å². The minimum atomic E-state index is -2.18. The van der Waals surface area contributed by atoms with Gasteiger partial charge in [-0.1, -0.05) is 72.6 Å². The van der Waals surface area contributed by atoms with Crippen molar-refractivity contribution in [1.82, 2.24) is 0 Å². The molecular formula is C22H35F5OSi. The Morgan fingerprint density at radius 2 is 0.931 bits per heavy atom. The lowest BCUT2D eigenvalue weighted by atomic mass is 10.0. The summed E-state index contributed by atoms with van der Waals surface area (Å²) in [5, 5.41) is 0. The van der Waals surface area contributed by atoms with Crippen LogP contribution in [-0.4, -0.2) is 13.1 Å². The van der Waals surface area contributed by atoms with Crippen LogP contribution in [0.25, 0.3) is 0 Å². The van der Waals surface area contributed by atoms with E-state index in [4.69, 9.17) is 0 Å². The summed E-state index contributed by atoms with van der Waals surface area (Å²) in [6, 6.07) is 0.935. The van der Waals surface area contributed by atoms with Gasteiger partial charge >= 0.3 is 0 Å². The smallest absolute Gasteiger partial charge is 0.200 e. The van der Waals surface area contributed by atoms with Gasteiger partial charge in [-0.2, -0.15) is 0 Å². The van der Waals surface area contributed by atoms with Crippen molar-refractivity contribution in [2.75, 3.05) is 0 Å². The normalized spacial score (nSPS) is 12.4. The second-order valence-electron chi connectivity index (χ2n) is 8.68. The minimum absolute atomic E-state index is 0.153. The molecule has 0 bridgehead atoms. The van der Waals surface area contributed by atoms with E-state index in [0.29, 0.717) is 23.9 Å². The molecule has 0 aromatic heterocycles. The number of halogens is 5. The van der Waals surface area contributed by atoms with Gasteiger partial charge in [-0.25, -0.2) is 22.0 Å². The standard InChI is InChI=1S/C22H35F5OSi/c1-15(2)29(28,16(3)4)14-12-10-8-6-5-7-9-11-13-17-18(23)20(25)22(27)21(26)19(17)24/h15-16,28H,5-14H2,1-4H3. The Kier molecular flexibility index (Phi) is 10.8. The van der Waals surface area contributed by atoms with Gasteiger partial charge in [0.1, 0.15) is 0 Å². The minimum Gasteiger partial charge on any atom is -0.431 e. The molecule has 0 aliphatic heterocycles. The molecule has 0 aliphatic rings. The molecule has 0 heterocycles. The summed E-state index contributed by atoms with van der Waals surface area (Å²) in [6.45, 7) is 8.44. The van der Waals surface area contributed by atoms with Crippen LogP contribution in [0.3, 0.4) is 0 Å². The lowest BCUT2D eigenvalue weighted by Crippen LogP contribution is -2.41. The van der Waals surface area contributed by atoms with Crippen LogP contribution >= 0.6 is 0 Å². The fourth-order valence-corrected chi connectivity index (χ4v) is 7.19. The lowest BCUT2D eigenvalue weighted by Gasteiger charge is -2.33. The molecule has 0 radical (unpaired) electrons. The van der Waals surface area contributed by atoms with Crippen LogP contribution in [0, 0.1) is 29.1 Å².